The Bertz CT molecular complexity index is 76.9. The summed E-state index contributed by atoms with van der Waals surface area (Å²) in [6.07, 6.45) is -0.0278. The highest BCUT2D eigenvalue weighted by Gasteiger charge is 2.06. The second-order valence-electron chi connectivity index (χ2n) is 2.52. The van der Waals surface area contributed by atoms with Crippen molar-refractivity contribution in [2.75, 3.05) is 33.9 Å². The van der Waals surface area contributed by atoms with E-state index in [0.717, 1.165) is 6.54 Å². The van der Waals surface area contributed by atoms with E-state index in [2.05, 4.69) is 0 Å². The summed E-state index contributed by atoms with van der Waals surface area (Å²) in [4.78, 5) is 2.00. The molecular formula is C9H23NO2. The minimum atomic E-state index is -0.0278. The molecule has 3 nitrogen and oxygen atoms in total. The molecule has 0 amide bonds. The average molecular weight is 177 g/mol. The summed E-state index contributed by atoms with van der Waals surface area (Å²) in [7, 11) is 3.92. The number of nitrogens with zero attached hydrogens (tertiary/aromatic N) is 1. The third-order valence-electron chi connectivity index (χ3n) is 1.17. The second-order valence-corrected chi connectivity index (χ2v) is 2.52. The molecular weight excluding hydrogens is 154 g/mol. The summed E-state index contributed by atoms with van der Waals surface area (Å²) in [5, 5.41) is 8.75. The van der Waals surface area contributed by atoms with Crippen molar-refractivity contribution in [1.29, 1.82) is 0 Å². The quantitative estimate of drug-likeness (QED) is 0.679. The molecule has 0 heterocycles. The topological polar surface area (TPSA) is 32.7 Å². The van der Waals surface area contributed by atoms with Gasteiger partial charge in [0, 0.05) is 13.2 Å². The van der Waals surface area contributed by atoms with E-state index in [1.807, 2.05) is 39.8 Å². The SMILES string of the molecule is CC.CCOC(CO)CN(C)C. The Morgan fingerprint density at radius 1 is 1.33 bits per heavy atom. The molecule has 76 valence electrons. The molecule has 1 N–H and O–H groups in total. The number of hydrogen-bond donors (Lipinski definition) is 1. The lowest BCUT2D eigenvalue weighted by Crippen LogP contribution is -2.31. The first-order valence-corrected chi connectivity index (χ1v) is 4.57. The highest BCUT2D eigenvalue weighted by molar-refractivity contribution is 4.58. The molecule has 0 aromatic carbocycles. The zero-order chi connectivity index (χ0) is 9.98. The van der Waals surface area contributed by atoms with E-state index in [1.165, 1.54) is 0 Å². The predicted molar refractivity (Wildman–Crippen MR) is 52.4 cm³/mol. The predicted octanol–water partition coefficient (Wildman–Crippen LogP) is 0.972. The summed E-state index contributed by atoms with van der Waals surface area (Å²) in [5.41, 5.74) is 0. The van der Waals surface area contributed by atoms with E-state index < -0.39 is 0 Å². The van der Waals surface area contributed by atoms with Crippen LogP contribution in [0, 0.1) is 0 Å². The maximum Gasteiger partial charge on any atom is 0.0931 e. The van der Waals surface area contributed by atoms with Crippen LogP contribution in [0.4, 0.5) is 0 Å². The molecule has 0 spiro atoms. The van der Waals surface area contributed by atoms with Crippen LogP contribution in [0.25, 0.3) is 0 Å². The Kier molecular flexibility index (Phi) is 13.1. The fourth-order valence-corrected chi connectivity index (χ4v) is 0.806. The van der Waals surface area contributed by atoms with Gasteiger partial charge in [-0.3, -0.25) is 0 Å². The fraction of sp³-hybridized carbons (Fsp3) is 1.00. The van der Waals surface area contributed by atoms with Crippen LogP contribution in [0.2, 0.25) is 0 Å². The zero-order valence-electron chi connectivity index (χ0n) is 9.00. The van der Waals surface area contributed by atoms with E-state index in [4.69, 9.17) is 9.84 Å². The van der Waals surface area contributed by atoms with Crippen LogP contribution in [0.5, 0.6) is 0 Å². The Labute approximate surface area is 76.3 Å². The van der Waals surface area contributed by atoms with Crippen LogP contribution in [0.3, 0.4) is 0 Å². The van der Waals surface area contributed by atoms with E-state index >= 15 is 0 Å². The Hall–Kier alpha value is -0.120. The van der Waals surface area contributed by atoms with Crippen LogP contribution >= 0.6 is 0 Å². The summed E-state index contributed by atoms with van der Waals surface area (Å²) < 4.78 is 5.21. The summed E-state index contributed by atoms with van der Waals surface area (Å²) in [6.45, 7) is 7.48. The van der Waals surface area contributed by atoms with Crippen molar-refractivity contribution in [3.63, 3.8) is 0 Å². The highest BCUT2D eigenvalue weighted by atomic mass is 16.5. The number of rotatable bonds is 5. The number of ether oxygens (including phenoxy) is 1. The van der Waals surface area contributed by atoms with Gasteiger partial charge in [0.1, 0.15) is 0 Å². The lowest BCUT2D eigenvalue weighted by molar-refractivity contribution is 0.00575. The van der Waals surface area contributed by atoms with Crippen LogP contribution in [-0.2, 0) is 4.74 Å². The molecule has 0 fully saturated rings. The third-order valence-corrected chi connectivity index (χ3v) is 1.17. The van der Waals surface area contributed by atoms with Gasteiger partial charge in [-0.1, -0.05) is 13.8 Å². The number of likely N-dealkylation sites (N-methyl/N-ethyl adjacent to an activating group) is 1. The van der Waals surface area contributed by atoms with Crippen molar-refractivity contribution in [3.8, 4) is 0 Å². The van der Waals surface area contributed by atoms with Crippen LogP contribution < -0.4 is 0 Å². The molecule has 1 unspecified atom stereocenters. The van der Waals surface area contributed by atoms with E-state index in [0.29, 0.717) is 6.61 Å². The zero-order valence-corrected chi connectivity index (χ0v) is 9.00. The molecule has 0 rings (SSSR count). The number of aliphatic hydroxyl groups is 1. The normalized spacial score (nSPS) is 12.2. The molecule has 0 aliphatic rings. The van der Waals surface area contributed by atoms with Gasteiger partial charge in [-0.2, -0.15) is 0 Å². The van der Waals surface area contributed by atoms with Gasteiger partial charge in [0.25, 0.3) is 0 Å². The number of hydrogen-bond acceptors (Lipinski definition) is 3. The van der Waals surface area contributed by atoms with Gasteiger partial charge < -0.3 is 14.7 Å². The maximum absolute atomic E-state index is 8.75. The maximum atomic E-state index is 8.75. The lowest BCUT2D eigenvalue weighted by atomic mass is 10.3. The molecule has 3 heteroatoms. The largest absolute Gasteiger partial charge is 0.394 e. The summed E-state index contributed by atoms with van der Waals surface area (Å²) >= 11 is 0. The molecule has 0 aliphatic carbocycles. The van der Waals surface area contributed by atoms with Gasteiger partial charge in [-0.15, -0.1) is 0 Å². The van der Waals surface area contributed by atoms with Crippen molar-refractivity contribution < 1.29 is 9.84 Å². The van der Waals surface area contributed by atoms with Gasteiger partial charge in [0.15, 0.2) is 0 Å². The van der Waals surface area contributed by atoms with Gasteiger partial charge in [-0.05, 0) is 21.0 Å². The van der Waals surface area contributed by atoms with Crippen molar-refractivity contribution >= 4 is 0 Å². The van der Waals surface area contributed by atoms with Crippen LogP contribution in [0.15, 0.2) is 0 Å². The first kappa shape index (κ1) is 14.4. The van der Waals surface area contributed by atoms with Crippen molar-refractivity contribution in [3.05, 3.63) is 0 Å². The fourth-order valence-electron chi connectivity index (χ4n) is 0.806. The van der Waals surface area contributed by atoms with Crippen LogP contribution in [0.1, 0.15) is 20.8 Å². The van der Waals surface area contributed by atoms with Gasteiger partial charge >= 0.3 is 0 Å². The number of aliphatic hydroxyl groups excluding tert-OH is 1. The van der Waals surface area contributed by atoms with E-state index in [9.17, 15) is 0 Å². The van der Waals surface area contributed by atoms with E-state index in [-0.39, 0.29) is 12.7 Å². The van der Waals surface area contributed by atoms with Gasteiger partial charge in [0.2, 0.25) is 0 Å². The Morgan fingerprint density at radius 3 is 2.08 bits per heavy atom. The average Bonchev–Trinajstić information content (AvgIpc) is 2.07. The molecule has 0 aliphatic heterocycles. The smallest absolute Gasteiger partial charge is 0.0931 e. The Morgan fingerprint density at radius 2 is 1.83 bits per heavy atom. The van der Waals surface area contributed by atoms with Crippen LogP contribution in [-0.4, -0.2) is 50.0 Å². The standard InChI is InChI=1S/C7H17NO2.C2H6/c1-4-10-7(6-9)5-8(2)3;1-2/h7,9H,4-6H2,1-3H3;1-2H3. The third kappa shape index (κ3) is 9.88. The molecule has 12 heavy (non-hydrogen) atoms. The second kappa shape index (κ2) is 10.9. The minimum absolute atomic E-state index is 0.0278. The monoisotopic (exact) mass is 177 g/mol. The highest BCUT2D eigenvalue weighted by Crippen LogP contribution is 1.91. The minimum Gasteiger partial charge on any atom is -0.394 e. The first-order valence-electron chi connectivity index (χ1n) is 4.57. The van der Waals surface area contributed by atoms with Gasteiger partial charge in [-0.25, -0.2) is 0 Å². The van der Waals surface area contributed by atoms with E-state index in [1.54, 1.807) is 0 Å². The molecule has 0 bridgehead atoms. The molecule has 0 saturated carbocycles. The molecule has 0 saturated heterocycles. The Balaban J connectivity index is 0. The molecule has 0 radical (unpaired) electrons. The lowest BCUT2D eigenvalue weighted by Gasteiger charge is -2.18. The van der Waals surface area contributed by atoms with Crippen molar-refractivity contribution in [2.45, 2.75) is 26.9 Å². The first-order chi connectivity index (χ1) is 5.70. The summed E-state index contributed by atoms with van der Waals surface area (Å²) in [6, 6.07) is 0. The molecule has 0 aromatic heterocycles. The van der Waals surface area contributed by atoms with Crippen molar-refractivity contribution in [1.82, 2.24) is 4.90 Å². The molecule has 1 atom stereocenters. The summed E-state index contributed by atoms with van der Waals surface area (Å²) in [5.74, 6) is 0. The van der Waals surface area contributed by atoms with Crippen molar-refractivity contribution in [2.24, 2.45) is 0 Å². The molecule has 0 aromatic rings. The van der Waals surface area contributed by atoms with Gasteiger partial charge in [0.05, 0.1) is 12.7 Å².